The van der Waals surface area contributed by atoms with Crippen LogP contribution in [0, 0.1) is 0 Å². The first-order valence-electron chi connectivity index (χ1n) is 6.86. The normalized spacial score (nSPS) is 11.2. The van der Waals surface area contributed by atoms with Crippen LogP contribution in [-0.2, 0) is 4.79 Å². The summed E-state index contributed by atoms with van der Waals surface area (Å²) in [5.74, 6) is -0.298. The number of azo groups is 1. The van der Waals surface area contributed by atoms with Gasteiger partial charge >= 0.3 is 5.91 Å². The standard InChI is InChI=1S/C16H11Cl2N3O3/c17-9-1-4-11(5-2-9)24-8-14(22)20-21-15-12-7-10(18)3-6-13(12)19-16(15)23/h1-7,19,23H,8H2. The number of carbonyl (C=O) groups excluding carboxylic acids is 1. The smallest absolute Gasteiger partial charge is 0.302 e. The molecule has 0 unspecified atom stereocenters. The molecule has 2 aromatic carbocycles. The minimum atomic E-state index is -0.597. The number of rotatable bonds is 4. The predicted molar refractivity (Wildman–Crippen MR) is 91.4 cm³/mol. The van der Waals surface area contributed by atoms with Crippen LogP contribution in [0.25, 0.3) is 10.9 Å². The quantitative estimate of drug-likeness (QED) is 0.648. The number of aromatic amines is 1. The van der Waals surface area contributed by atoms with Crippen LogP contribution < -0.4 is 4.74 Å². The molecule has 0 spiro atoms. The summed E-state index contributed by atoms with van der Waals surface area (Å²) in [5.41, 5.74) is 0.781. The van der Waals surface area contributed by atoms with E-state index in [2.05, 4.69) is 15.2 Å². The summed E-state index contributed by atoms with van der Waals surface area (Å²) in [5, 5.41) is 18.8. The van der Waals surface area contributed by atoms with E-state index in [1.165, 1.54) is 0 Å². The first-order valence-corrected chi connectivity index (χ1v) is 7.61. The molecule has 1 amide bonds. The number of aromatic hydroxyl groups is 1. The minimum absolute atomic E-state index is 0.146. The van der Waals surface area contributed by atoms with Gasteiger partial charge in [-0.15, -0.1) is 10.2 Å². The van der Waals surface area contributed by atoms with Crippen LogP contribution in [0.1, 0.15) is 0 Å². The number of benzene rings is 2. The van der Waals surface area contributed by atoms with Gasteiger partial charge in [0.1, 0.15) is 5.75 Å². The van der Waals surface area contributed by atoms with E-state index < -0.39 is 5.91 Å². The highest BCUT2D eigenvalue weighted by Crippen LogP contribution is 2.36. The highest BCUT2D eigenvalue weighted by atomic mass is 35.5. The number of nitrogens with zero attached hydrogens (tertiary/aromatic N) is 2. The Morgan fingerprint density at radius 1 is 1.12 bits per heavy atom. The summed E-state index contributed by atoms with van der Waals surface area (Å²) in [6, 6.07) is 11.6. The predicted octanol–water partition coefficient (Wildman–Crippen LogP) is 4.87. The van der Waals surface area contributed by atoms with Crippen molar-refractivity contribution in [2.45, 2.75) is 0 Å². The van der Waals surface area contributed by atoms with Gasteiger partial charge in [-0.25, -0.2) is 0 Å². The number of nitrogens with one attached hydrogen (secondary N) is 1. The first kappa shape index (κ1) is 16.3. The van der Waals surface area contributed by atoms with Crippen LogP contribution in [0.5, 0.6) is 11.6 Å². The van der Waals surface area contributed by atoms with Gasteiger partial charge in [-0.3, -0.25) is 4.79 Å². The van der Waals surface area contributed by atoms with Crippen molar-refractivity contribution in [2.75, 3.05) is 6.61 Å². The van der Waals surface area contributed by atoms with E-state index in [1.807, 2.05) is 0 Å². The molecule has 8 heteroatoms. The van der Waals surface area contributed by atoms with Crippen molar-refractivity contribution in [1.29, 1.82) is 0 Å². The van der Waals surface area contributed by atoms with Crippen LogP contribution in [0.4, 0.5) is 5.69 Å². The number of ether oxygens (including phenoxy) is 1. The molecule has 1 heterocycles. The number of aromatic nitrogens is 1. The summed E-state index contributed by atoms with van der Waals surface area (Å²) < 4.78 is 5.28. The maximum atomic E-state index is 11.8. The molecule has 3 aromatic rings. The van der Waals surface area contributed by atoms with Crippen molar-refractivity contribution in [2.24, 2.45) is 10.2 Å². The van der Waals surface area contributed by atoms with Crippen molar-refractivity contribution >= 4 is 45.7 Å². The SMILES string of the molecule is O=C(COc1ccc(Cl)cc1)N=Nc1c(O)[nH]c2ccc(Cl)cc12. The molecule has 0 fully saturated rings. The maximum Gasteiger partial charge on any atom is 0.302 e. The second-order valence-corrected chi connectivity index (χ2v) is 5.72. The minimum Gasteiger partial charge on any atom is -0.493 e. The Kier molecular flexibility index (Phi) is 4.69. The number of hydrogen-bond donors (Lipinski definition) is 2. The van der Waals surface area contributed by atoms with Crippen LogP contribution >= 0.6 is 23.2 Å². The fourth-order valence-corrected chi connectivity index (χ4v) is 2.35. The third-order valence-corrected chi connectivity index (χ3v) is 3.64. The number of halogens is 2. The van der Waals surface area contributed by atoms with Gasteiger partial charge in [0.05, 0.1) is 5.52 Å². The van der Waals surface area contributed by atoms with E-state index in [0.29, 0.717) is 26.7 Å². The average Bonchev–Trinajstić information content (AvgIpc) is 2.87. The van der Waals surface area contributed by atoms with Gasteiger partial charge in [0, 0.05) is 15.4 Å². The van der Waals surface area contributed by atoms with E-state index in [1.54, 1.807) is 42.5 Å². The molecule has 1 aromatic heterocycles. The van der Waals surface area contributed by atoms with E-state index in [0.717, 1.165) is 0 Å². The molecule has 0 radical (unpaired) electrons. The number of carbonyl (C=O) groups is 1. The van der Waals surface area contributed by atoms with Gasteiger partial charge < -0.3 is 14.8 Å². The molecule has 0 aliphatic carbocycles. The average molecular weight is 364 g/mol. The van der Waals surface area contributed by atoms with Gasteiger partial charge in [0.25, 0.3) is 0 Å². The number of amides is 1. The molecular weight excluding hydrogens is 353 g/mol. The lowest BCUT2D eigenvalue weighted by atomic mass is 10.2. The highest BCUT2D eigenvalue weighted by Gasteiger charge is 2.11. The van der Waals surface area contributed by atoms with Gasteiger partial charge in [-0.2, -0.15) is 0 Å². The number of fused-ring (bicyclic) bond motifs is 1. The Bertz CT molecular complexity index is 920. The monoisotopic (exact) mass is 363 g/mol. The molecule has 0 saturated heterocycles. The fraction of sp³-hybridized carbons (Fsp3) is 0.0625. The molecule has 0 bridgehead atoms. The Balaban J connectivity index is 1.71. The Hall–Kier alpha value is -2.57. The third kappa shape index (κ3) is 3.67. The van der Waals surface area contributed by atoms with Crippen molar-refractivity contribution in [3.05, 3.63) is 52.5 Å². The molecule has 0 atom stereocenters. The second-order valence-electron chi connectivity index (χ2n) is 4.85. The Morgan fingerprint density at radius 3 is 2.58 bits per heavy atom. The molecule has 122 valence electrons. The van der Waals surface area contributed by atoms with Crippen molar-refractivity contribution in [1.82, 2.24) is 4.98 Å². The number of H-pyrrole nitrogens is 1. The molecule has 0 saturated carbocycles. The third-order valence-electron chi connectivity index (χ3n) is 3.15. The van der Waals surface area contributed by atoms with Crippen molar-refractivity contribution in [3.63, 3.8) is 0 Å². The number of hydrogen-bond acceptors (Lipinski definition) is 4. The summed E-state index contributed by atoms with van der Waals surface area (Å²) in [6.07, 6.45) is 0. The topological polar surface area (TPSA) is 87.0 Å². The zero-order valence-electron chi connectivity index (χ0n) is 12.2. The highest BCUT2D eigenvalue weighted by molar-refractivity contribution is 6.31. The summed E-state index contributed by atoms with van der Waals surface area (Å²) in [7, 11) is 0. The van der Waals surface area contributed by atoms with Gasteiger partial charge in [-0.1, -0.05) is 23.2 Å². The summed E-state index contributed by atoms with van der Waals surface area (Å²) in [4.78, 5) is 14.5. The van der Waals surface area contributed by atoms with Crippen LogP contribution in [0.3, 0.4) is 0 Å². The van der Waals surface area contributed by atoms with E-state index >= 15 is 0 Å². The first-order chi connectivity index (χ1) is 11.5. The fourth-order valence-electron chi connectivity index (χ4n) is 2.05. The summed E-state index contributed by atoms with van der Waals surface area (Å²) in [6.45, 7) is -0.283. The zero-order valence-corrected chi connectivity index (χ0v) is 13.7. The zero-order chi connectivity index (χ0) is 17.1. The Labute approximate surface area is 146 Å². The summed E-state index contributed by atoms with van der Waals surface area (Å²) >= 11 is 11.7. The maximum absolute atomic E-state index is 11.8. The van der Waals surface area contributed by atoms with E-state index in [9.17, 15) is 9.90 Å². The molecule has 2 N–H and O–H groups in total. The van der Waals surface area contributed by atoms with Crippen LogP contribution in [0.15, 0.2) is 52.7 Å². The lowest BCUT2D eigenvalue weighted by Crippen LogP contribution is -2.07. The van der Waals surface area contributed by atoms with Crippen LogP contribution in [0.2, 0.25) is 10.0 Å². The molecule has 6 nitrogen and oxygen atoms in total. The lowest BCUT2D eigenvalue weighted by Gasteiger charge is -2.02. The van der Waals surface area contributed by atoms with Gasteiger partial charge in [-0.05, 0) is 42.5 Å². The van der Waals surface area contributed by atoms with Crippen molar-refractivity contribution < 1.29 is 14.6 Å². The largest absolute Gasteiger partial charge is 0.493 e. The molecular formula is C16H11Cl2N3O3. The molecule has 0 aliphatic heterocycles. The molecule has 0 aliphatic rings. The second kappa shape index (κ2) is 6.90. The lowest BCUT2D eigenvalue weighted by molar-refractivity contribution is -0.120. The van der Waals surface area contributed by atoms with Crippen LogP contribution in [-0.4, -0.2) is 22.6 Å². The van der Waals surface area contributed by atoms with Gasteiger partial charge in [0.2, 0.25) is 5.88 Å². The molecule has 3 rings (SSSR count). The van der Waals surface area contributed by atoms with E-state index in [-0.39, 0.29) is 18.2 Å². The molecule has 24 heavy (non-hydrogen) atoms. The van der Waals surface area contributed by atoms with Gasteiger partial charge in [0.15, 0.2) is 12.3 Å². The Morgan fingerprint density at radius 2 is 1.83 bits per heavy atom. The van der Waals surface area contributed by atoms with Crippen molar-refractivity contribution in [3.8, 4) is 11.6 Å². The van der Waals surface area contributed by atoms with E-state index in [4.69, 9.17) is 27.9 Å².